The Morgan fingerprint density at radius 1 is 1.53 bits per heavy atom. The topological polar surface area (TPSA) is 37.3 Å². The molecule has 92 valence electrons. The molecule has 4 heteroatoms. The number of nitrogens with zero attached hydrogens (tertiary/aromatic N) is 2. The highest BCUT2D eigenvalue weighted by molar-refractivity contribution is 8.14. The number of aliphatic imine (C=N–C) groups is 1. The summed E-state index contributed by atoms with van der Waals surface area (Å²) < 4.78 is 0. The number of hydrogen-bond acceptors (Lipinski definition) is 3. The summed E-state index contributed by atoms with van der Waals surface area (Å²) in [5.41, 5.74) is 2.43. The minimum Gasteiger partial charge on any atom is -0.359 e. The largest absolute Gasteiger partial charge is 0.359 e. The third kappa shape index (κ3) is 3.22. The quantitative estimate of drug-likeness (QED) is 0.895. The molecule has 17 heavy (non-hydrogen) atoms. The van der Waals surface area contributed by atoms with E-state index in [4.69, 9.17) is 0 Å². The molecule has 0 aromatic carbocycles. The molecule has 1 atom stereocenters. The van der Waals surface area contributed by atoms with Crippen molar-refractivity contribution in [3.8, 4) is 0 Å². The lowest BCUT2D eigenvalue weighted by Gasteiger charge is -2.20. The van der Waals surface area contributed by atoms with Crippen LogP contribution in [0.3, 0.4) is 0 Å². The average Bonchev–Trinajstić information content (AvgIpc) is 2.72. The van der Waals surface area contributed by atoms with Crippen molar-refractivity contribution >= 4 is 16.9 Å². The van der Waals surface area contributed by atoms with Crippen LogP contribution in [0, 0.1) is 6.92 Å². The van der Waals surface area contributed by atoms with Crippen LogP contribution >= 0.6 is 11.8 Å². The molecule has 0 saturated carbocycles. The Bertz CT molecular complexity index is 413. The van der Waals surface area contributed by atoms with Gasteiger partial charge in [0, 0.05) is 23.2 Å². The maximum atomic E-state index is 4.60. The molecule has 2 rings (SSSR count). The molecule has 1 unspecified atom stereocenters. The van der Waals surface area contributed by atoms with Crippen LogP contribution in [0.2, 0.25) is 0 Å². The van der Waals surface area contributed by atoms with E-state index in [9.17, 15) is 0 Å². The van der Waals surface area contributed by atoms with Crippen LogP contribution in [0.15, 0.2) is 23.3 Å². The molecule has 1 aromatic rings. The first kappa shape index (κ1) is 12.4. The normalized spacial score (nSPS) is 26.2. The second-order valence-corrected chi connectivity index (χ2v) is 5.72. The van der Waals surface area contributed by atoms with Crippen molar-refractivity contribution in [2.24, 2.45) is 4.99 Å². The average molecular weight is 249 g/mol. The third-order valence-corrected chi connectivity index (χ3v) is 4.38. The summed E-state index contributed by atoms with van der Waals surface area (Å²) in [6.45, 7) is 7.16. The van der Waals surface area contributed by atoms with Crippen LogP contribution < -0.4 is 5.32 Å². The number of rotatable bonds is 3. The van der Waals surface area contributed by atoms with E-state index in [0.717, 1.165) is 28.6 Å². The number of aromatic nitrogens is 1. The number of hydrogen-bond donors (Lipinski definition) is 1. The van der Waals surface area contributed by atoms with Gasteiger partial charge >= 0.3 is 0 Å². The van der Waals surface area contributed by atoms with E-state index >= 15 is 0 Å². The zero-order valence-corrected chi connectivity index (χ0v) is 11.5. The highest BCUT2D eigenvalue weighted by atomic mass is 32.2. The van der Waals surface area contributed by atoms with Crippen molar-refractivity contribution < 1.29 is 0 Å². The van der Waals surface area contributed by atoms with Gasteiger partial charge in [-0.2, -0.15) is 0 Å². The maximum Gasteiger partial charge on any atom is 0.157 e. The standard InChI is InChI=1S/C13H19N3S/c1-4-13(3)9-17-12(16-13)15-8-11-6-5-10(2)14-7-11/h5-7H,4,8-9H2,1-3H3,(H,15,16). The van der Waals surface area contributed by atoms with Gasteiger partial charge in [0.2, 0.25) is 0 Å². The monoisotopic (exact) mass is 249 g/mol. The lowest BCUT2D eigenvalue weighted by Crippen LogP contribution is -2.39. The molecule has 1 aromatic heterocycles. The lowest BCUT2D eigenvalue weighted by atomic mass is 10.0. The summed E-state index contributed by atoms with van der Waals surface area (Å²) >= 11 is 1.81. The van der Waals surface area contributed by atoms with Crippen LogP contribution in [0.1, 0.15) is 31.5 Å². The van der Waals surface area contributed by atoms with Crippen molar-refractivity contribution in [3.63, 3.8) is 0 Å². The summed E-state index contributed by atoms with van der Waals surface area (Å²) in [6, 6.07) is 4.12. The summed E-state index contributed by atoms with van der Waals surface area (Å²) in [4.78, 5) is 8.87. The smallest absolute Gasteiger partial charge is 0.157 e. The Kier molecular flexibility index (Phi) is 3.72. The first-order valence-electron chi connectivity index (χ1n) is 5.98. The minimum atomic E-state index is 0.217. The van der Waals surface area contributed by atoms with E-state index in [1.165, 1.54) is 0 Å². The Morgan fingerprint density at radius 3 is 2.94 bits per heavy atom. The van der Waals surface area contributed by atoms with Gasteiger partial charge in [-0.05, 0) is 31.9 Å². The molecule has 1 N–H and O–H groups in total. The minimum absolute atomic E-state index is 0.217. The highest BCUT2D eigenvalue weighted by Crippen LogP contribution is 2.25. The van der Waals surface area contributed by atoms with Crippen molar-refractivity contribution in [2.75, 3.05) is 5.75 Å². The summed E-state index contributed by atoms with van der Waals surface area (Å²) in [5, 5.41) is 4.56. The molecule has 0 aliphatic carbocycles. The van der Waals surface area contributed by atoms with Crippen LogP contribution in [0.4, 0.5) is 0 Å². The molecule has 1 aliphatic rings. The van der Waals surface area contributed by atoms with Gasteiger partial charge in [0.15, 0.2) is 5.17 Å². The summed E-state index contributed by atoms with van der Waals surface area (Å²) in [7, 11) is 0. The fraction of sp³-hybridized carbons (Fsp3) is 0.538. The molecular weight excluding hydrogens is 230 g/mol. The van der Waals surface area contributed by atoms with E-state index < -0.39 is 0 Å². The van der Waals surface area contributed by atoms with Crippen molar-refractivity contribution in [3.05, 3.63) is 29.6 Å². The van der Waals surface area contributed by atoms with E-state index in [1.807, 2.05) is 30.9 Å². The highest BCUT2D eigenvalue weighted by Gasteiger charge is 2.30. The van der Waals surface area contributed by atoms with E-state index in [1.54, 1.807) is 0 Å². The zero-order chi connectivity index (χ0) is 12.3. The molecule has 0 radical (unpaired) electrons. The number of pyridine rings is 1. The molecular formula is C13H19N3S. The molecule has 1 aliphatic heterocycles. The number of thioether (sulfide) groups is 1. The fourth-order valence-corrected chi connectivity index (χ4v) is 2.79. The van der Waals surface area contributed by atoms with Gasteiger partial charge in [0.25, 0.3) is 0 Å². The van der Waals surface area contributed by atoms with Crippen LogP contribution in [-0.2, 0) is 6.54 Å². The van der Waals surface area contributed by atoms with Crippen LogP contribution in [0.25, 0.3) is 0 Å². The van der Waals surface area contributed by atoms with Crippen LogP contribution in [-0.4, -0.2) is 21.4 Å². The van der Waals surface area contributed by atoms with E-state index in [2.05, 4.69) is 35.2 Å². The first-order valence-corrected chi connectivity index (χ1v) is 6.97. The molecule has 0 bridgehead atoms. The molecule has 0 spiro atoms. The van der Waals surface area contributed by atoms with Crippen molar-refractivity contribution in [1.82, 2.24) is 10.3 Å². The second-order valence-electron chi connectivity index (χ2n) is 4.76. The Morgan fingerprint density at radius 2 is 2.35 bits per heavy atom. The van der Waals surface area contributed by atoms with Gasteiger partial charge in [0.05, 0.1) is 6.54 Å². The van der Waals surface area contributed by atoms with Gasteiger partial charge < -0.3 is 5.32 Å². The lowest BCUT2D eigenvalue weighted by molar-refractivity contribution is 0.466. The molecule has 3 nitrogen and oxygen atoms in total. The van der Waals surface area contributed by atoms with E-state index in [0.29, 0.717) is 6.54 Å². The predicted molar refractivity (Wildman–Crippen MR) is 74.4 cm³/mol. The molecule has 2 heterocycles. The van der Waals surface area contributed by atoms with Crippen LogP contribution in [0.5, 0.6) is 0 Å². The molecule has 1 fully saturated rings. The Balaban J connectivity index is 1.96. The second kappa shape index (κ2) is 5.08. The summed E-state index contributed by atoms with van der Waals surface area (Å²) in [6.07, 6.45) is 3.03. The Hall–Kier alpha value is -1.03. The fourth-order valence-electron chi connectivity index (χ4n) is 1.59. The maximum absolute atomic E-state index is 4.60. The number of nitrogens with one attached hydrogen (secondary N) is 1. The zero-order valence-electron chi connectivity index (χ0n) is 10.7. The van der Waals surface area contributed by atoms with Crippen molar-refractivity contribution in [1.29, 1.82) is 0 Å². The van der Waals surface area contributed by atoms with Crippen molar-refractivity contribution in [2.45, 2.75) is 39.3 Å². The summed E-state index contributed by atoms with van der Waals surface area (Å²) in [5.74, 6) is 1.11. The van der Waals surface area contributed by atoms with Gasteiger partial charge in [-0.1, -0.05) is 24.8 Å². The molecule has 0 amide bonds. The van der Waals surface area contributed by atoms with Gasteiger partial charge in [-0.3, -0.25) is 9.98 Å². The Labute approximate surface area is 107 Å². The van der Waals surface area contributed by atoms with Gasteiger partial charge in [-0.15, -0.1) is 0 Å². The first-order chi connectivity index (χ1) is 8.11. The number of aryl methyl sites for hydroxylation is 1. The molecule has 1 saturated heterocycles. The predicted octanol–water partition coefficient (Wildman–Crippen LogP) is 2.75. The SMILES string of the molecule is CCC1(C)CSC(=NCc2ccc(C)nc2)N1. The number of amidine groups is 1. The van der Waals surface area contributed by atoms with Gasteiger partial charge in [0.1, 0.15) is 0 Å². The van der Waals surface area contributed by atoms with E-state index in [-0.39, 0.29) is 5.54 Å². The van der Waals surface area contributed by atoms with Gasteiger partial charge in [-0.25, -0.2) is 0 Å². The third-order valence-electron chi connectivity index (χ3n) is 3.09.